The van der Waals surface area contributed by atoms with Gasteiger partial charge in [-0.15, -0.1) is 0 Å². The van der Waals surface area contributed by atoms with Gasteiger partial charge in [-0.25, -0.2) is 4.98 Å². The quantitative estimate of drug-likeness (QED) is 0.846. The molecule has 2 fully saturated rings. The van der Waals surface area contributed by atoms with Gasteiger partial charge in [-0.2, -0.15) is 0 Å². The number of carbonyl (C=O) groups excluding carboxylic acids is 1. The number of benzene rings is 1. The second-order valence-electron chi connectivity index (χ2n) is 7.22. The molecular weight excluding hydrogens is 314 g/mol. The van der Waals surface area contributed by atoms with Gasteiger partial charge < -0.3 is 5.11 Å². The summed E-state index contributed by atoms with van der Waals surface area (Å²) in [5.41, 5.74) is 1.80. The minimum absolute atomic E-state index is 0.0288. The van der Waals surface area contributed by atoms with Gasteiger partial charge in [0.05, 0.1) is 12.7 Å². The Hall–Kier alpha value is -2.24. The summed E-state index contributed by atoms with van der Waals surface area (Å²) in [4.78, 5) is 21.1. The Morgan fingerprint density at radius 3 is 2.32 bits per heavy atom. The lowest BCUT2D eigenvalue weighted by atomic mass is 10.0. The molecule has 2 unspecified atom stereocenters. The molecule has 2 saturated heterocycles. The van der Waals surface area contributed by atoms with Crippen molar-refractivity contribution in [1.82, 2.24) is 14.8 Å². The van der Waals surface area contributed by atoms with Crippen molar-refractivity contribution < 1.29 is 9.90 Å². The molecule has 2 atom stereocenters. The SMILES string of the molecule is O=C(CN1CC2CN(Cc3ccccc3)CC2C1)c1ccc(O)cn1. The number of hydrogen-bond acceptors (Lipinski definition) is 5. The molecule has 0 saturated carbocycles. The predicted molar refractivity (Wildman–Crippen MR) is 95.4 cm³/mol. The summed E-state index contributed by atoms with van der Waals surface area (Å²) in [5, 5.41) is 9.27. The maximum absolute atomic E-state index is 12.3. The smallest absolute Gasteiger partial charge is 0.195 e. The van der Waals surface area contributed by atoms with E-state index in [2.05, 4.69) is 45.1 Å². The summed E-state index contributed by atoms with van der Waals surface area (Å²) in [6.45, 7) is 5.64. The van der Waals surface area contributed by atoms with Gasteiger partial charge in [-0.3, -0.25) is 14.6 Å². The second kappa shape index (κ2) is 6.94. The summed E-state index contributed by atoms with van der Waals surface area (Å²) >= 11 is 0. The summed E-state index contributed by atoms with van der Waals surface area (Å²) in [6, 6.07) is 13.7. The van der Waals surface area contributed by atoms with Gasteiger partial charge in [0.25, 0.3) is 0 Å². The van der Waals surface area contributed by atoms with Crippen LogP contribution in [0.15, 0.2) is 48.7 Å². The Morgan fingerprint density at radius 1 is 1.00 bits per heavy atom. The fourth-order valence-corrected chi connectivity index (χ4v) is 4.12. The van der Waals surface area contributed by atoms with Crippen LogP contribution in [-0.4, -0.2) is 58.4 Å². The van der Waals surface area contributed by atoms with Crippen LogP contribution in [0.25, 0.3) is 0 Å². The number of carbonyl (C=O) groups is 1. The van der Waals surface area contributed by atoms with Crippen molar-refractivity contribution in [3.05, 3.63) is 59.9 Å². The van der Waals surface area contributed by atoms with Crippen molar-refractivity contribution in [1.29, 1.82) is 0 Å². The predicted octanol–water partition coefficient (Wildman–Crippen LogP) is 2.03. The van der Waals surface area contributed by atoms with E-state index in [0.717, 1.165) is 32.7 Å². The first-order valence-electron chi connectivity index (χ1n) is 8.84. The van der Waals surface area contributed by atoms with Crippen LogP contribution in [0.2, 0.25) is 0 Å². The van der Waals surface area contributed by atoms with Crippen molar-refractivity contribution in [2.24, 2.45) is 11.8 Å². The minimum atomic E-state index is 0.0288. The number of aromatic nitrogens is 1. The Balaban J connectivity index is 1.29. The molecule has 5 nitrogen and oxygen atoms in total. The lowest BCUT2D eigenvalue weighted by molar-refractivity contribution is 0.0933. The van der Waals surface area contributed by atoms with Gasteiger partial charge in [0.1, 0.15) is 11.4 Å². The molecule has 1 N–H and O–H groups in total. The number of likely N-dealkylation sites (tertiary alicyclic amines) is 2. The molecule has 0 spiro atoms. The van der Waals surface area contributed by atoms with Gasteiger partial charge >= 0.3 is 0 Å². The maximum Gasteiger partial charge on any atom is 0.195 e. The fraction of sp³-hybridized carbons (Fsp3) is 0.400. The molecule has 25 heavy (non-hydrogen) atoms. The normalized spacial score (nSPS) is 23.7. The van der Waals surface area contributed by atoms with Gasteiger partial charge in [0, 0.05) is 32.7 Å². The highest BCUT2D eigenvalue weighted by molar-refractivity contribution is 5.95. The average Bonchev–Trinajstić information content (AvgIpc) is 3.14. The molecule has 130 valence electrons. The molecule has 5 heteroatoms. The van der Waals surface area contributed by atoms with Crippen molar-refractivity contribution in [3.63, 3.8) is 0 Å². The van der Waals surface area contributed by atoms with E-state index < -0.39 is 0 Å². The van der Waals surface area contributed by atoms with Crippen molar-refractivity contribution in [2.75, 3.05) is 32.7 Å². The van der Waals surface area contributed by atoms with Crippen LogP contribution >= 0.6 is 0 Å². The lowest BCUT2D eigenvalue weighted by Gasteiger charge is -2.21. The number of ketones is 1. The maximum atomic E-state index is 12.3. The number of fused-ring (bicyclic) bond motifs is 1. The molecule has 3 heterocycles. The summed E-state index contributed by atoms with van der Waals surface area (Å²) in [7, 11) is 0. The molecule has 0 amide bonds. The van der Waals surface area contributed by atoms with Crippen LogP contribution in [0.5, 0.6) is 5.75 Å². The second-order valence-corrected chi connectivity index (χ2v) is 7.22. The van der Waals surface area contributed by atoms with E-state index in [9.17, 15) is 9.90 Å². The highest BCUT2D eigenvalue weighted by Crippen LogP contribution is 2.31. The third-order valence-corrected chi connectivity index (χ3v) is 5.29. The summed E-state index contributed by atoms with van der Waals surface area (Å²) < 4.78 is 0. The minimum Gasteiger partial charge on any atom is -0.506 e. The van der Waals surface area contributed by atoms with Gasteiger partial charge in [0.15, 0.2) is 5.78 Å². The van der Waals surface area contributed by atoms with E-state index in [1.54, 1.807) is 6.07 Å². The molecule has 2 aromatic rings. The zero-order valence-electron chi connectivity index (χ0n) is 14.2. The molecule has 0 bridgehead atoms. The van der Waals surface area contributed by atoms with Gasteiger partial charge in [0.2, 0.25) is 0 Å². The first kappa shape index (κ1) is 16.2. The van der Waals surface area contributed by atoms with Crippen LogP contribution in [0, 0.1) is 11.8 Å². The van der Waals surface area contributed by atoms with E-state index in [1.165, 1.54) is 17.8 Å². The number of Topliss-reactive ketones (excluding diaryl/α,β-unsaturated/α-hetero) is 1. The van der Waals surface area contributed by atoms with E-state index in [4.69, 9.17) is 0 Å². The van der Waals surface area contributed by atoms with Crippen molar-refractivity contribution in [2.45, 2.75) is 6.54 Å². The third kappa shape index (κ3) is 3.72. The Morgan fingerprint density at radius 2 is 1.68 bits per heavy atom. The highest BCUT2D eigenvalue weighted by atomic mass is 16.3. The lowest BCUT2D eigenvalue weighted by Crippen LogP contribution is -2.32. The van der Waals surface area contributed by atoms with Crippen LogP contribution in [0.4, 0.5) is 0 Å². The molecule has 1 aromatic heterocycles. The fourth-order valence-electron chi connectivity index (χ4n) is 4.12. The van der Waals surface area contributed by atoms with E-state index in [-0.39, 0.29) is 11.5 Å². The summed E-state index contributed by atoms with van der Waals surface area (Å²) in [5.74, 6) is 1.43. The van der Waals surface area contributed by atoms with Crippen LogP contribution in [0.1, 0.15) is 16.1 Å². The number of aromatic hydroxyl groups is 1. The van der Waals surface area contributed by atoms with Crippen molar-refractivity contribution in [3.8, 4) is 5.75 Å². The monoisotopic (exact) mass is 337 g/mol. The van der Waals surface area contributed by atoms with Gasteiger partial charge in [-0.05, 0) is 29.5 Å². The first-order chi connectivity index (χ1) is 12.2. The molecule has 0 radical (unpaired) electrons. The van der Waals surface area contributed by atoms with E-state index in [0.29, 0.717) is 24.1 Å². The van der Waals surface area contributed by atoms with Crippen LogP contribution in [0.3, 0.4) is 0 Å². The Labute approximate surface area is 147 Å². The number of pyridine rings is 1. The summed E-state index contributed by atoms with van der Waals surface area (Å²) in [6.07, 6.45) is 1.33. The van der Waals surface area contributed by atoms with E-state index >= 15 is 0 Å². The third-order valence-electron chi connectivity index (χ3n) is 5.29. The topological polar surface area (TPSA) is 56.7 Å². The molecule has 2 aliphatic heterocycles. The number of nitrogens with zero attached hydrogens (tertiary/aromatic N) is 3. The average molecular weight is 337 g/mol. The van der Waals surface area contributed by atoms with Crippen LogP contribution < -0.4 is 0 Å². The van der Waals surface area contributed by atoms with Crippen molar-refractivity contribution >= 4 is 5.78 Å². The number of rotatable bonds is 5. The number of hydrogen-bond donors (Lipinski definition) is 1. The Bertz CT molecular complexity index is 718. The first-order valence-corrected chi connectivity index (χ1v) is 8.84. The highest BCUT2D eigenvalue weighted by Gasteiger charge is 2.40. The van der Waals surface area contributed by atoms with Gasteiger partial charge in [-0.1, -0.05) is 30.3 Å². The largest absolute Gasteiger partial charge is 0.506 e. The molecule has 2 aliphatic rings. The standard InChI is InChI=1S/C20H23N3O2/c24-18-6-7-19(21-8-18)20(25)14-23-12-16-10-22(11-17(16)13-23)9-15-4-2-1-3-5-15/h1-8,16-17,24H,9-14H2. The van der Waals surface area contributed by atoms with E-state index in [1.807, 2.05) is 0 Å². The molecule has 1 aromatic carbocycles. The van der Waals surface area contributed by atoms with Crippen LogP contribution in [-0.2, 0) is 6.54 Å². The zero-order valence-corrected chi connectivity index (χ0v) is 14.2. The molecule has 4 rings (SSSR count). The molecule has 0 aliphatic carbocycles. The zero-order chi connectivity index (χ0) is 17.2. The Kier molecular flexibility index (Phi) is 4.51. The molecular formula is C20H23N3O2.